The molecule has 0 bridgehead atoms. The molecule has 1 aliphatic carbocycles. The van der Waals surface area contributed by atoms with Crippen molar-refractivity contribution in [3.8, 4) is 12.3 Å². The van der Waals surface area contributed by atoms with Crippen LogP contribution in [0.2, 0.25) is 0 Å². The molecule has 0 aliphatic heterocycles. The normalized spacial score (nSPS) is 15.1. The first-order chi connectivity index (χ1) is 8.20. The van der Waals surface area contributed by atoms with Gasteiger partial charge in [0, 0.05) is 16.2 Å². The standard InChI is InChI=1S/C13H16N2OS/c1-2-4-11(14)13(16)15-8-10-7-9-5-3-6-12(9)17-10/h1,7,11H,3-6,8,14H2,(H,15,16). The van der Waals surface area contributed by atoms with E-state index in [-0.39, 0.29) is 12.3 Å². The highest BCUT2D eigenvalue weighted by Crippen LogP contribution is 2.30. The molecule has 3 N–H and O–H groups in total. The smallest absolute Gasteiger partial charge is 0.238 e. The maximum atomic E-state index is 11.6. The van der Waals surface area contributed by atoms with E-state index in [0.29, 0.717) is 6.54 Å². The molecule has 17 heavy (non-hydrogen) atoms. The van der Waals surface area contributed by atoms with Crippen LogP contribution in [0.25, 0.3) is 0 Å². The molecule has 2 rings (SSSR count). The van der Waals surface area contributed by atoms with Gasteiger partial charge in [0.1, 0.15) is 0 Å². The van der Waals surface area contributed by atoms with E-state index >= 15 is 0 Å². The number of amides is 1. The van der Waals surface area contributed by atoms with Gasteiger partial charge < -0.3 is 11.1 Å². The van der Waals surface area contributed by atoms with Crippen molar-refractivity contribution in [1.29, 1.82) is 0 Å². The first-order valence-corrected chi connectivity index (χ1v) is 6.59. The van der Waals surface area contributed by atoms with Gasteiger partial charge in [-0.15, -0.1) is 23.7 Å². The summed E-state index contributed by atoms with van der Waals surface area (Å²) >= 11 is 1.79. The Balaban J connectivity index is 1.85. The summed E-state index contributed by atoms with van der Waals surface area (Å²) in [6, 6.07) is 1.60. The summed E-state index contributed by atoms with van der Waals surface area (Å²) in [5.74, 6) is 2.22. The first-order valence-electron chi connectivity index (χ1n) is 5.78. The number of carbonyl (C=O) groups excluding carboxylic acids is 1. The van der Waals surface area contributed by atoms with Gasteiger partial charge in [-0.1, -0.05) is 0 Å². The Morgan fingerprint density at radius 3 is 3.18 bits per heavy atom. The van der Waals surface area contributed by atoms with Crippen LogP contribution in [0, 0.1) is 12.3 Å². The predicted octanol–water partition coefficient (Wildman–Crippen LogP) is 1.20. The quantitative estimate of drug-likeness (QED) is 0.787. The lowest BCUT2D eigenvalue weighted by atomic mass is 10.2. The van der Waals surface area contributed by atoms with E-state index in [2.05, 4.69) is 17.3 Å². The second-order valence-corrected chi connectivity index (χ2v) is 5.47. The van der Waals surface area contributed by atoms with E-state index in [9.17, 15) is 4.79 Å². The third-order valence-corrected chi connectivity index (χ3v) is 4.15. The average molecular weight is 248 g/mol. The number of hydrogen-bond acceptors (Lipinski definition) is 3. The van der Waals surface area contributed by atoms with E-state index in [1.165, 1.54) is 34.6 Å². The van der Waals surface area contributed by atoms with Gasteiger partial charge in [0.05, 0.1) is 12.6 Å². The Morgan fingerprint density at radius 2 is 2.47 bits per heavy atom. The van der Waals surface area contributed by atoms with Crippen LogP contribution < -0.4 is 11.1 Å². The van der Waals surface area contributed by atoms with Gasteiger partial charge in [-0.2, -0.15) is 0 Å². The molecular weight excluding hydrogens is 232 g/mol. The van der Waals surface area contributed by atoms with Crippen LogP contribution in [0.3, 0.4) is 0 Å². The van der Waals surface area contributed by atoms with Crippen LogP contribution in [0.4, 0.5) is 0 Å². The minimum Gasteiger partial charge on any atom is -0.350 e. The number of thiophene rings is 1. The lowest BCUT2D eigenvalue weighted by molar-refractivity contribution is -0.122. The Hall–Kier alpha value is -1.31. The molecule has 0 saturated heterocycles. The minimum absolute atomic E-state index is 0.170. The Labute approximate surface area is 105 Å². The fourth-order valence-electron chi connectivity index (χ4n) is 2.00. The molecule has 0 fully saturated rings. The number of aryl methyl sites for hydroxylation is 2. The maximum absolute atomic E-state index is 11.6. The van der Waals surface area contributed by atoms with Crippen LogP contribution in [0.5, 0.6) is 0 Å². The van der Waals surface area contributed by atoms with Gasteiger partial charge in [0.2, 0.25) is 5.91 Å². The zero-order valence-electron chi connectivity index (χ0n) is 9.66. The monoisotopic (exact) mass is 248 g/mol. The summed E-state index contributed by atoms with van der Waals surface area (Å²) in [6.07, 6.45) is 9.03. The molecule has 90 valence electrons. The summed E-state index contributed by atoms with van der Waals surface area (Å²) in [5, 5.41) is 2.82. The molecule has 1 aliphatic rings. The first kappa shape index (κ1) is 12.2. The Morgan fingerprint density at radius 1 is 1.65 bits per heavy atom. The van der Waals surface area contributed by atoms with E-state index in [4.69, 9.17) is 12.2 Å². The van der Waals surface area contributed by atoms with Crippen molar-refractivity contribution >= 4 is 17.2 Å². The molecule has 1 aromatic rings. The Kier molecular flexibility index (Phi) is 3.82. The predicted molar refractivity (Wildman–Crippen MR) is 69.6 cm³/mol. The van der Waals surface area contributed by atoms with Crippen LogP contribution >= 0.6 is 11.3 Å². The topological polar surface area (TPSA) is 55.1 Å². The number of carbonyl (C=O) groups is 1. The third kappa shape index (κ3) is 2.87. The van der Waals surface area contributed by atoms with E-state index in [0.717, 1.165) is 0 Å². The second-order valence-electron chi connectivity index (χ2n) is 4.25. The van der Waals surface area contributed by atoms with Crippen molar-refractivity contribution in [1.82, 2.24) is 5.32 Å². The minimum atomic E-state index is -0.591. The number of terminal acetylenes is 1. The van der Waals surface area contributed by atoms with Crippen LogP contribution in [0.1, 0.15) is 28.2 Å². The SMILES string of the molecule is C#CCC(N)C(=O)NCc1cc2c(s1)CCC2. The highest BCUT2D eigenvalue weighted by atomic mass is 32.1. The van der Waals surface area contributed by atoms with E-state index in [1.807, 2.05) is 0 Å². The van der Waals surface area contributed by atoms with Gasteiger partial charge in [0.15, 0.2) is 0 Å². The summed E-state index contributed by atoms with van der Waals surface area (Å²) in [6.45, 7) is 0.564. The highest BCUT2D eigenvalue weighted by molar-refractivity contribution is 7.12. The number of rotatable bonds is 4. The van der Waals surface area contributed by atoms with Crippen LogP contribution in [-0.2, 0) is 24.2 Å². The third-order valence-electron chi connectivity index (χ3n) is 2.91. The number of nitrogens with two attached hydrogens (primary N) is 1. The molecule has 0 saturated carbocycles. The largest absolute Gasteiger partial charge is 0.350 e. The van der Waals surface area contributed by atoms with Crippen molar-refractivity contribution in [3.05, 3.63) is 21.4 Å². The number of hydrogen-bond donors (Lipinski definition) is 2. The number of fused-ring (bicyclic) bond motifs is 1. The van der Waals surface area contributed by atoms with Gasteiger partial charge >= 0.3 is 0 Å². The van der Waals surface area contributed by atoms with Crippen LogP contribution in [-0.4, -0.2) is 11.9 Å². The van der Waals surface area contributed by atoms with Gasteiger partial charge in [-0.3, -0.25) is 4.79 Å². The van der Waals surface area contributed by atoms with Gasteiger partial charge in [-0.05, 0) is 30.9 Å². The molecule has 1 amide bonds. The highest BCUT2D eigenvalue weighted by Gasteiger charge is 2.16. The second kappa shape index (κ2) is 5.35. The average Bonchev–Trinajstić information content (AvgIpc) is 2.86. The van der Waals surface area contributed by atoms with Crippen molar-refractivity contribution in [3.63, 3.8) is 0 Å². The molecule has 0 spiro atoms. The fourth-order valence-corrected chi connectivity index (χ4v) is 3.20. The zero-order chi connectivity index (χ0) is 12.3. The van der Waals surface area contributed by atoms with Crippen LogP contribution in [0.15, 0.2) is 6.07 Å². The van der Waals surface area contributed by atoms with Crippen molar-refractivity contribution in [2.45, 2.75) is 38.3 Å². The molecule has 1 unspecified atom stereocenters. The lowest BCUT2D eigenvalue weighted by Crippen LogP contribution is -2.39. The molecular formula is C13H16N2OS. The zero-order valence-corrected chi connectivity index (χ0v) is 10.5. The Bertz CT molecular complexity index is 437. The van der Waals surface area contributed by atoms with E-state index in [1.54, 1.807) is 11.3 Å². The molecule has 1 atom stereocenters. The van der Waals surface area contributed by atoms with Crippen molar-refractivity contribution in [2.75, 3.05) is 0 Å². The van der Waals surface area contributed by atoms with Gasteiger partial charge in [-0.25, -0.2) is 0 Å². The summed E-state index contributed by atoms with van der Waals surface area (Å²) in [7, 11) is 0. The molecule has 3 nitrogen and oxygen atoms in total. The summed E-state index contributed by atoms with van der Waals surface area (Å²) < 4.78 is 0. The summed E-state index contributed by atoms with van der Waals surface area (Å²) in [5.41, 5.74) is 7.06. The van der Waals surface area contributed by atoms with Crippen molar-refractivity contribution < 1.29 is 4.79 Å². The number of nitrogens with one attached hydrogen (secondary N) is 1. The lowest BCUT2D eigenvalue weighted by Gasteiger charge is -2.08. The maximum Gasteiger partial charge on any atom is 0.238 e. The van der Waals surface area contributed by atoms with Crippen molar-refractivity contribution in [2.24, 2.45) is 5.73 Å². The molecule has 1 aromatic heterocycles. The molecule has 4 heteroatoms. The fraction of sp³-hybridized carbons (Fsp3) is 0.462. The van der Waals surface area contributed by atoms with Gasteiger partial charge in [0.25, 0.3) is 0 Å². The van der Waals surface area contributed by atoms with E-state index < -0.39 is 6.04 Å². The molecule has 0 aromatic carbocycles. The summed E-state index contributed by atoms with van der Waals surface area (Å²) in [4.78, 5) is 14.2. The molecule has 1 heterocycles. The molecule has 0 radical (unpaired) electrons.